The molecule has 1 aliphatic rings. The van der Waals surface area contributed by atoms with E-state index in [9.17, 15) is 18.0 Å². The van der Waals surface area contributed by atoms with Crippen LogP contribution in [0.5, 0.6) is 0 Å². The number of halogens is 4. The van der Waals surface area contributed by atoms with Crippen molar-refractivity contribution in [3.63, 3.8) is 0 Å². The molecule has 2 aromatic carbocycles. The summed E-state index contributed by atoms with van der Waals surface area (Å²) in [6, 6.07) is 12.1. The second-order valence-electron chi connectivity index (χ2n) is 6.32. The summed E-state index contributed by atoms with van der Waals surface area (Å²) in [6.45, 7) is 1.86. The Kier molecular flexibility index (Phi) is 4.78. The van der Waals surface area contributed by atoms with Crippen molar-refractivity contribution in [2.24, 2.45) is 5.92 Å². The Bertz CT molecular complexity index is 773. The molecular weight excluding hydrogens is 351 g/mol. The summed E-state index contributed by atoms with van der Waals surface area (Å²) in [5, 5.41) is 3.52. The third kappa shape index (κ3) is 3.98. The fraction of sp³-hybridized carbons (Fsp3) is 0.316. The summed E-state index contributed by atoms with van der Waals surface area (Å²) in [7, 11) is 0. The van der Waals surface area contributed by atoms with E-state index in [1.807, 2.05) is 25.1 Å². The number of carbonyl (C=O) groups excluding carboxylic acids is 1. The van der Waals surface area contributed by atoms with Crippen LogP contribution in [0.2, 0.25) is 5.02 Å². The Morgan fingerprint density at radius 1 is 1.16 bits per heavy atom. The molecular formula is C19H17ClF3NO. The van der Waals surface area contributed by atoms with Crippen molar-refractivity contribution < 1.29 is 18.0 Å². The van der Waals surface area contributed by atoms with Crippen LogP contribution in [0.1, 0.15) is 42.0 Å². The maximum absolute atomic E-state index is 12.6. The van der Waals surface area contributed by atoms with E-state index in [-0.39, 0.29) is 23.8 Å². The molecule has 132 valence electrons. The van der Waals surface area contributed by atoms with Gasteiger partial charge in [0.25, 0.3) is 0 Å². The molecule has 6 heteroatoms. The lowest BCUT2D eigenvalue weighted by atomic mass is 10.1. The van der Waals surface area contributed by atoms with Crippen LogP contribution in [0.4, 0.5) is 13.2 Å². The van der Waals surface area contributed by atoms with Crippen LogP contribution in [-0.2, 0) is 11.0 Å². The number of carbonyl (C=O) groups is 1. The van der Waals surface area contributed by atoms with E-state index in [1.165, 1.54) is 12.1 Å². The first-order valence-electron chi connectivity index (χ1n) is 7.99. The van der Waals surface area contributed by atoms with Crippen molar-refractivity contribution in [2.45, 2.75) is 31.5 Å². The average molecular weight is 368 g/mol. The number of hydrogen-bond donors (Lipinski definition) is 1. The zero-order valence-corrected chi connectivity index (χ0v) is 14.2. The lowest BCUT2D eigenvalue weighted by molar-refractivity contribution is -0.137. The van der Waals surface area contributed by atoms with Gasteiger partial charge in [0.1, 0.15) is 0 Å². The summed E-state index contributed by atoms with van der Waals surface area (Å²) < 4.78 is 37.8. The molecule has 0 bridgehead atoms. The highest BCUT2D eigenvalue weighted by Crippen LogP contribution is 2.48. The first kappa shape index (κ1) is 17.8. The Hall–Kier alpha value is -2.01. The van der Waals surface area contributed by atoms with Gasteiger partial charge in [0.15, 0.2) is 0 Å². The second-order valence-corrected chi connectivity index (χ2v) is 6.73. The maximum atomic E-state index is 12.6. The van der Waals surface area contributed by atoms with Gasteiger partial charge in [0.2, 0.25) is 5.91 Å². The van der Waals surface area contributed by atoms with Crippen molar-refractivity contribution in [3.8, 4) is 0 Å². The predicted molar refractivity (Wildman–Crippen MR) is 90.3 cm³/mol. The lowest BCUT2D eigenvalue weighted by Gasteiger charge is -2.15. The van der Waals surface area contributed by atoms with Crippen molar-refractivity contribution in [3.05, 3.63) is 70.2 Å². The van der Waals surface area contributed by atoms with Crippen LogP contribution in [0.25, 0.3) is 0 Å². The van der Waals surface area contributed by atoms with Crippen LogP contribution >= 0.6 is 11.6 Å². The van der Waals surface area contributed by atoms with Crippen LogP contribution < -0.4 is 5.32 Å². The molecule has 3 rings (SSSR count). The average Bonchev–Trinajstić information content (AvgIpc) is 3.35. The summed E-state index contributed by atoms with van der Waals surface area (Å²) in [6.07, 6.45) is -3.70. The molecule has 3 unspecified atom stereocenters. The van der Waals surface area contributed by atoms with E-state index in [0.29, 0.717) is 11.4 Å². The molecule has 2 aromatic rings. The Balaban J connectivity index is 1.61. The molecule has 0 saturated heterocycles. The molecule has 1 saturated carbocycles. The molecule has 1 fully saturated rings. The van der Waals surface area contributed by atoms with E-state index in [1.54, 1.807) is 6.07 Å². The third-order valence-corrected chi connectivity index (χ3v) is 4.87. The topological polar surface area (TPSA) is 29.1 Å². The second kappa shape index (κ2) is 6.71. The van der Waals surface area contributed by atoms with E-state index >= 15 is 0 Å². The van der Waals surface area contributed by atoms with Gasteiger partial charge in [-0.05, 0) is 48.6 Å². The molecule has 3 atom stereocenters. The minimum absolute atomic E-state index is 0.0271. The van der Waals surface area contributed by atoms with Gasteiger partial charge < -0.3 is 5.32 Å². The van der Waals surface area contributed by atoms with Gasteiger partial charge in [-0.3, -0.25) is 4.79 Å². The van der Waals surface area contributed by atoms with E-state index in [0.717, 1.165) is 23.3 Å². The first-order valence-corrected chi connectivity index (χ1v) is 8.37. The summed E-state index contributed by atoms with van der Waals surface area (Å²) in [4.78, 5) is 12.4. The van der Waals surface area contributed by atoms with Gasteiger partial charge in [0.05, 0.1) is 11.6 Å². The molecule has 0 aromatic heterocycles. The lowest BCUT2D eigenvalue weighted by Crippen LogP contribution is -2.28. The zero-order valence-electron chi connectivity index (χ0n) is 13.5. The minimum Gasteiger partial charge on any atom is -0.349 e. The van der Waals surface area contributed by atoms with Crippen LogP contribution in [0.15, 0.2) is 48.5 Å². The quantitative estimate of drug-likeness (QED) is 0.776. The SMILES string of the molecule is CC(NC(=O)C1CC1c1ccc(C(F)(F)F)cc1)c1ccccc1Cl. The fourth-order valence-electron chi connectivity index (χ4n) is 3.00. The number of benzene rings is 2. The summed E-state index contributed by atoms with van der Waals surface area (Å²) >= 11 is 6.13. The maximum Gasteiger partial charge on any atom is 0.416 e. The predicted octanol–water partition coefficient (Wildman–Crippen LogP) is 5.34. The first-order chi connectivity index (χ1) is 11.8. The smallest absolute Gasteiger partial charge is 0.349 e. The van der Waals surface area contributed by atoms with Gasteiger partial charge in [0, 0.05) is 10.9 Å². The Labute approximate surface area is 149 Å². The van der Waals surface area contributed by atoms with Gasteiger partial charge in [-0.2, -0.15) is 13.2 Å². The largest absolute Gasteiger partial charge is 0.416 e. The standard InChI is InChI=1S/C19H17ClF3NO/c1-11(14-4-2-3-5-17(14)20)24-18(25)16-10-15(16)12-6-8-13(9-7-12)19(21,22)23/h2-9,11,15-16H,10H2,1H3,(H,24,25). The molecule has 0 heterocycles. The van der Waals surface area contributed by atoms with E-state index < -0.39 is 11.7 Å². The molecule has 0 radical (unpaired) electrons. The summed E-state index contributed by atoms with van der Waals surface area (Å²) in [5.74, 6) is -0.334. The highest BCUT2D eigenvalue weighted by molar-refractivity contribution is 6.31. The van der Waals surface area contributed by atoms with Gasteiger partial charge in [-0.1, -0.05) is 41.9 Å². The number of alkyl halides is 3. The highest BCUT2D eigenvalue weighted by Gasteiger charge is 2.44. The molecule has 2 nitrogen and oxygen atoms in total. The molecule has 25 heavy (non-hydrogen) atoms. The fourth-order valence-corrected chi connectivity index (χ4v) is 3.30. The summed E-state index contributed by atoms with van der Waals surface area (Å²) in [5.41, 5.74) is 0.924. The molecule has 1 amide bonds. The zero-order chi connectivity index (χ0) is 18.2. The number of amides is 1. The van der Waals surface area contributed by atoms with Crippen LogP contribution in [-0.4, -0.2) is 5.91 Å². The molecule has 1 N–H and O–H groups in total. The molecule has 1 aliphatic carbocycles. The van der Waals surface area contributed by atoms with Crippen molar-refractivity contribution >= 4 is 17.5 Å². The Morgan fingerprint density at radius 2 is 1.80 bits per heavy atom. The normalized spacial score (nSPS) is 20.8. The van der Waals surface area contributed by atoms with Gasteiger partial charge in [-0.15, -0.1) is 0 Å². The van der Waals surface area contributed by atoms with Crippen molar-refractivity contribution in [1.29, 1.82) is 0 Å². The van der Waals surface area contributed by atoms with Crippen LogP contribution in [0, 0.1) is 5.92 Å². The van der Waals surface area contributed by atoms with Crippen molar-refractivity contribution in [2.75, 3.05) is 0 Å². The number of rotatable bonds is 4. The third-order valence-electron chi connectivity index (χ3n) is 4.52. The van der Waals surface area contributed by atoms with E-state index in [4.69, 9.17) is 11.6 Å². The number of hydrogen-bond acceptors (Lipinski definition) is 1. The highest BCUT2D eigenvalue weighted by atomic mass is 35.5. The van der Waals surface area contributed by atoms with E-state index in [2.05, 4.69) is 5.32 Å². The monoisotopic (exact) mass is 367 g/mol. The number of nitrogens with one attached hydrogen (secondary N) is 1. The molecule has 0 spiro atoms. The van der Waals surface area contributed by atoms with Gasteiger partial charge >= 0.3 is 6.18 Å². The molecule has 0 aliphatic heterocycles. The van der Waals surface area contributed by atoms with Crippen molar-refractivity contribution in [1.82, 2.24) is 5.32 Å². The van der Waals surface area contributed by atoms with Crippen LogP contribution in [0.3, 0.4) is 0 Å². The van der Waals surface area contributed by atoms with Gasteiger partial charge in [-0.25, -0.2) is 0 Å². The minimum atomic E-state index is -4.34. The Morgan fingerprint density at radius 3 is 2.40 bits per heavy atom.